The molecule has 0 saturated heterocycles. The lowest BCUT2D eigenvalue weighted by molar-refractivity contribution is -0.143. The Hall–Kier alpha value is -5.25. The van der Waals surface area contributed by atoms with Crippen LogP contribution in [0.15, 0.2) is 12.5 Å². The molecule has 0 aliphatic rings. The summed E-state index contributed by atoms with van der Waals surface area (Å²) in [5.74, 6) is -10.2. The molecule has 1 aromatic rings. The molecule has 0 bridgehead atoms. The average molecular weight is 827 g/mol. The summed E-state index contributed by atoms with van der Waals surface area (Å²) in [7, 11) is 0. The third kappa shape index (κ3) is 17.6. The molecule has 8 unspecified atom stereocenters. The summed E-state index contributed by atoms with van der Waals surface area (Å²) in [5, 5.41) is 33.8. The molecule has 13 N–H and O–H groups in total. The third-order valence-electron chi connectivity index (χ3n) is 8.83. The minimum atomic E-state index is -1.61. The van der Waals surface area contributed by atoms with Crippen LogP contribution in [-0.4, -0.2) is 122 Å². The van der Waals surface area contributed by atoms with Crippen molar-refractivity contribution in [2.75, 3.05) is 5.75 Å². The van der Waals surface area contributed by atoms with Crippen LogP contribution in [0.3, 0.4) is 0 Å². The van der Waals surface area contributed by atoms with Gasteiger partial charge in [0, 0.05) is 30.5 Å². The molecule has 0 radical (unpaired) electrons. The third-order valence-corrected chi connectivity index (χ3v) is 9.23. The van der Waals surface area contributed by atoms with E-state index >= 15 is 0 Å². The fourth-order valence-electron chi connectivity index (χ4n) is 5.36. The quantitative estimate of drug-likeness (QED) is 0.0438. The van der Waals surface area contributed by atoms with Crippen LogP contribution in [0.4, 0.5) is 0 Å². The van der Waals surface area contributed by atoms with Crippen molar-refractivity contribution in [3.63, 3.8) is 0 Å². The summed E-state index contributed by atoms with van der Waals surface area (Å²) in [6, 6.07) is -9.54. The number of primary amides is 1. The minimum Gasteiger partial charge on any atom is -0.481 e. The number of carbonyl (C=O) groups excluding carboxylic acids is 7. The Labute approximate surface area is 336 Å². The molecule has 0 aliphatic heterocycles. The molecular weight excluding hydrogens is 769 g/mol. The first-order valence-electron chi connectivity index (χ1n) is 18.5. The Balaban J connectivity index is 3.44. The number of aliphatic carboxylic acids is 2. The maximum absolute atomic E-state index is 14.0. The Kier molecular flexibility index (Phi) is 21.3. The molecule has 0 aromatic carbocycles. The molecule has 8 atom stereocenters. The Morgan fingerprint density at radius 2 is 1.28 bits per heavy atom. The highest BCUT2D eigenvalue weighted by atomic mass is 32.1. The fourth-order valence-corrected chi connectivity index (χ4v) is 5.52. The zero-order chi connectivity index (χ0) is 43.6. The van der Waals surface area contributed by atoms with Gasteiger partial charge in [-0.3, -0.25) is 38.4 Å². The normalized spacial score (nSPS) is 15.4. The second-order valence-corrected chi connectivity index (χ2v) is 14.9. The standard InChI is InChI=1S/C35H58N10O11S/c1-7-18(6)28(45-33(53)24(12-26(47)48)41-29(49)20(36)14-57)34(54)43-22(10-16(2)3)31(51)42-23(11-19-13-38-15-39-19)32(52)40-21(8-9-25(37)46)30(50)44-27(17(4)5)35(55)56/h13,15-18,20-24,27-28,57H,7-12,14,36H2,1-6H3,(H2,37,46)(H,38,39)(H,40,52)(H,41,49)(H,42,51)(H,43,54)(H,44,50)(H,45,53)(H,47,48)(H,55,56). The molecule has 1 aromatic heterocycles. The van der Waals surface area contributed by atoms with Gasteiger partial charge >= 0.3 is 11.9 Å². The van der Waals surface area contributed by atoms with Gasteiger partial charge in [-0.25, -0.2) is 9.78 Å². The van der Waals surface area contributed by atoms with Gasteiger partial charge in [-0.05, 0) is 30.6 Å². The van der Waals surface area contributed by atoms with E-state index < -0.39 is 114 Å². The highest BCUT2D eigenvalue weighted by Crippen LogP contribution is 2.13. The van der Waals surface area contributed by atoms with E-state index in [9.17, 15) is 53.4 Å². The number of nitrogens with one attached hydrogen (secondary N) is 7. The largest absolute Gasteiger partial charge is 0.481 e. The Morgan fingerprint density at radius 3 is 1.77 bits per heavy atom. The van der Waals surface area contributed by atoms with E-state index in [-0.39, 0.29) is 37.4 Å². The van der Waals surface area contributed by atoms with Gasteiger partial charge in [-0.1, -0.05) is 48.0 Å². The second kappa shape index (κ2) is 24.4. The maximum atomic E-state index is 14.0. The first-order chi connectivity index (χ1) is 26.6. The highest BCUT2D eigenvalue weighted by molar-refractivity contribution is 7.80. The molecule has 1 rings (SSSR count). The van der Waals surface area contributed by atoms with Gasteiger partial charge < -0.3 is 58.6 Å². The van der Waals surface area contributed by atoms with E-state index in [0.29, 0.717) is 12.1 Å². The van der Waals surface area contributed by atoms with Crippen molar-refractivity contribution in [1.82, 2.24) is 41.9 Å². The van der Waals surface area contributed by atoms with Gasteiger partial charge in [0.1, 0.15) is 36.3 Å². The van der Waals surface area contributed by atoms with E-state index in [4.69, 9.17) is 11.5 Å². The van der Waals surface area contributed by atoms with Crippen LogP contribution in [0.2, 0.25) is 0 Å². The van der Waals surface area contributed by atoms with Gasteiger partial charge in [-0.15, -0.1) is 0 Å². The summed E-state index contributed by atoms with van der Waals surface area (Å²) < 4.78 is 0. The molecule has 320 valence electrons. The number of hydrogen-bond acceptors (Lipinski definition) is 12. The number of nitrogens with zero attached hydrogens (tertiary/aromatic N) is 1. The summed E-state index contributed by atoms with van der Waals surface area (Å²) in [5.41, 5.74) is 11.4. The number of nitrogens with two attached hydrogens (primary N) is 2. The van der Waals surface area contributed by atoms with Crippen molar-refractivity contribution < 1.29 is 53.4 Å². The molecule has 0 fully saturated rings. The van der Waals surface area contributed by atoms with Crippen molar-refractivity contribution in [1.29, 1.82) is 0 Å². The van der Waals surface area contributed by atoms with Crippen LogP contribution in [0, 0.1) is 17.8 Å². The number of aromatic nitrogens is 2. The number of carboxylic acids is 2. The van der Waals surface area contributed by atoms with Crippen LogP contribution in [0.25, 0.3) is 0 Å². The molecular formula is C35H58N10O11S. The highest BCUT2D eigenvalue weighted by Gasteiger charge is 2.36. The topological polar surface area (TPSA) is 347 Å². The maximum Gasteiger partial charge on any atom is 0.326 e. The van der Waals surface area contributed by atoms with E-state index in [1.807, 2.05) is 0 Å². The van der Waals surface area contributed by atoms with Crippen molar-refractivity contribution in [3.8, 4) is 0 Å². The number of amides is 7. The molecule has 0 saturated carbocycles. The lowest BCUT2D eigenvalue weighted by Gasteiger charge is -2.29. The zero-order valence-corrected chi connectivity index (χ0v) is 33.9. The second-order valence-electron chi connectivity index (χ2n) is 14.5. The Morgan fingerprint density at radius 1 is 0.754 bits per heavy atom. The van der Waals surface area contributed by atoms with Gasteiger partial charge in [0.05, 0.1) is 18.8 Å². The van der Waals surface area contributed by atoms with Crippen molar-refractivity contribution in [3.05, 3.63) is 18.2 Å². The first-order valence-corrected chi connectivity index (χ1v) is 19.1. The minimum absolute atomic E-state index is 0.0475. The van der Waals surface area contributed by atoms with Crippen LogP contribution >= 0.6 is 12.6 Å². The van der Waals surface area contributed by atoms with Gasteiger partial charge in [-0.2, -0.15) is 12.6 Å². The van der Waals surface area contributed by atoms with Crippen molar-refractivity contribution in [2.45, 2.75) is 122 Å². The number of thiol groups is 1. The SMILES string of the molecule is CCC(C)C(NC(=O)C(CC(=O)O)NC(=O)C(N)CS)C(=O)NC(CC(C)C)C(=O)NC(Cc1cnc[nH]1)C(=O)NC(CCC(N)=O)C(=O)NC(C(=O)O)C(C)C. The fraction of sp³-hybridized carbons (Fsp3) is 0.657. The monoisotopic (exact) mass is 826 g/mol. The number of aromatic amines is 1. The van der Waals surface area contributed by atoms with Crippen LogP contribution < -0.4 is 43.4 Å². The van der Waals surface area contributed by atoms with Gasteiger partial charge in [0.15, 0.2) is 0 Å². The van der Waals surface area contributed by atoms with E-state index in [1.54, 1.807) is 41.5 Å². The molecule has 22 heteroatoms. The van der Waals surface area contributed by atoms with Crippen molar-refractivity contribution in [2.24, 2.45) is 29.2 Å². The zero-order valence-electron chi connectivity index (χ0n) is 33.0. The lowest BCUT2D eigenvalue weighted by Crippen LogP contribution is -2.61. The molecule has 7 amide bonds. The summed E-state index contributed by atoms with van der Waals surface area (Å²) in [6.45, 7) is 10.0. The van der Waals surface area contributed by atoms with Crippen LogP contribution in [-0.2, 0) is 49.6 Å². The number of hydrogen-bond donors (Lipinski definition) is 12. The van der Waals surface area contributed by atoms with E-state index in [1.165, 1.54) is 12.5 Å². The number of carboxylic acid groups (broad SMARTS) is 2. The lowest BCUT2D eigenvalue weighted by atomic mass is 9.96. The average Bonchev–Trinajstić information content (AvgIpc) is 3.64. The molecule has 0 aliphatic carbocycles. The van der Waals surface area contributed by atoms with E-state index in [0.717, 1.165) is 0 Å². The van der Waals surface area contributed by atoms with E-state index in [2.05, 4.69) is 54.5 Å². The van der Waals surface area contributed by atoms with Crippen LogP contribution in [0.1, 0.15) is 79.3 Å². The van der Waals surface area contributed by atoms with Gasteiger partial charge in [0.2, 0.25) is 41.4 Å². The summed E-state index contributed by atoms with van der Waals surface area (Å²) in [6.07, 6.45) is 1.46. The molecule has 1 heterocycles. The predicted octanol–water partition coefficient (Wildman–Crippen LogP) is -2.31. The van der Waals surface area contributed by atoms with Crippen molar-refractivity contribution >= 4 is 65.9 Å². The molecule has 57 heavy (non-hydrogen) atoms. The Bertz CT molecular complexity index is 1560. The number of H-pyrrole nitrogens is 1. The molecule has 0 spiro atoms. The number of rotatable bonds is 26. The smallest absolute Gasteiger partial charge is 0.326 e. The number of carbonyl (C=O) groups is 9. The first kappa shape index (κ1) is 49.8. The molecule has 21 nitrogen and oxygen atoms in total. The summed E-state index contributed by atoms with van der Waals surface area (Å²) in [4.78, 5) is 122. The number of imidazole rings is 1. The van der Waals surface area contributed by atoms with Crippen LogP contribution in [0.5, 0.6) is 0 Å². The predicted molar refractivity (Wildman–Crippen MR) is 208 cm³/mol. The van der Waals surface area contributed by atoms with Gasteiger partial charge in [0.25, 0.3) is 0 Å². The summed E-state index contributed by atoms with van der Waals surface area (Å²) >= 11 is 3.94.